The Labute approximate surface area is 219 Å². The van der Waals surface area contributed by atoms with Crippen molar-refractivity contribution in [3.63, 3.8) is 0 Å². The zero-order valence-electron chi connectivity index (χ0n) is 22.7. The van der Waals surface area contributed by atoms with Crippen LogP contribution >= 0.6 is 0 Å². The van der Waals surface area contributed by atoms with Gasteiger partial charge in [0.2, 0.25) is 0 Å². The summed E-state index contributed by atoms with van der Waals surface area (Å²) in [6.45, 7) is 23.2. The van der Waals surface area contributed by atoms with Crippen LogP contribution in [0.2, 0.25) is 0 Å². The molecular formula is C24H54O6U-6. The van der Waals surface area contributed by atoms with Crippen molar-refractivity contribution in [3.05, 3.63) is 0 Å². The van der Waals surface area contributed by atoms with Crippen LogP contribution in [0.3, 0.4) is 0 Å². The van der Waals surface area contributed by atoms with E-state index in [-0.39, 0.29) is 70.8 Å². The predicted octanol–water partition coefficient (Wildman–Crippen LogP) is 0.0162. The van der Waals surface area contributed by atoms with Gasteiger partial charge in [-0.2, -0.15) is 0 Å². The Balaban J connectivity index is -0.0000000443. The van der Waals surface area contributed by atoms with E-state index < -0.39 is 0 Å². The normalized spacial score (nSPS) is 9.29. The third-order valence-corrected chi connectivity index (χ3v) is 2.00. The maximum atomic E-state index is 9.63. The second-order valence-corrected chi connectivity index (χ2v) is 9.36. The van der Waals surface area contributed by atoms with Crippen LogP contribution in [0, 0.1) is 66.6 Å². The van der Waals surface area contributed by atoms with Crippen LogP contribution < -0.4 is 30.6 Å². The van der Waals surface area contributed by atoms with Gasteiger partial charge in [0.25, 0.3) is 0 Å². The first-order valence-electron chi connectivity index (χ1n) is 11.1. The van der Waals surface area contributed by atoms with Gasteiger partial charge >= 0.3 is 0 Å². The zero-order chi connectivity index (χ0) is 25.7. The van der Waals surface area contributed by atoms with E-state index in [1.807, 2.05) is 83.1 Å². The molecule has 196 valence electrons. The first-order chi connectivity index (χ1) is 13.6. The molecule has 0 bridgehead atoms. The zero-order valence-corrected chi connectivity index (χ0v) is 26.8. The third kappa shape index (κ3) is 156. The molecule has 0 aromatic carbocycles. The summed E-state index contributed by atoms with van der Waals surface area (Å²) in [5.41, 5.74) is 0. The summed E-state index contributed by atoms with van der Waals surface area (Å²) in [5.74, 6) is 1.97. The summed E-state index contributed by atoms with van der Waals surface area (Å²) in [6, 6.07) is 0. The van der Waals surface area contributed by atoms with Crippen molar-refractivity contribution >= 4 is 0 Å². The summed E-state index contributed by atoms with van der Waals surface area (Å²) < 4.78 is 0. The van der Waals surface area contributed by atoms with Gasteiger partial charge < -0.3 is 30.6 Å². The van der Waals surface area contributed by atoms with Crippen molar-refractivity contribution < 1.29 is 61.8 Å². The summed E-state index contributed by atoms with van der Waals surface area (Å²) >= 11 is 0. The van der Waals surface area contributed by atoms with Gasteiger partial charge in [-0.25, -0.2) is 0 Å². The minimum atomic E-state index is 0. The largest absolute Gasteiger partial charge is 0.854 e. The standard InChI is InChI=1S/6C4H9O.U/c6*1-4(2)3-5;/h6*4H,3H2,1-2H3;/q6*-1;. The van der Waals surface area contributed by atoms with Gasteiger partial charge in [-0.3, -0.25) is 0 Å². The van der Waals surface area contributed by atoms with Crippen molar-refractivity contribution in [2.24, 2.45) is 35.5 Å². The number of hydrogen-bond acceptors (Lipinski definition) is 6. The second-order valence-electron chi connectivity index (χ2n) is 9.36. The Kier molecular flexibility index (Phi) is 70.4. The Morgan fingerprint density at radius 1 is 0.290 bits per heavy atom. The Morgan fingerprint density at radius 2 is 0.323 bits per heavy atom. The molecule has 0 aliphatic rings. The first-order valence-corrected chi connectivity index (χ1v) is 11.1. The Morgan fingerprint density at radius 3 is 0.323 bits per heavy atom. The number of rotatable bonds is 6. The monoisotopic (exact) mass is 676 g/mol. The van der Waals surface area contributed by atoms with E-state index >= 15 is 0 Å². The summed E-state index contributed by atoms with van der Waals surface area (Å²) in [6.07, 6.45) is 0. The Hall–Kier alpha value is 0.812. The van der Waals surface area contributed by atoms with Crippen molar-refractivity contribution in [1.82, 2.24) is 0 Å². The van der Waals surface area contributed by atoms with Crippen LogP contribution in [0.1, 0.15) is 83.1 Å². The SMILES string of the molecule is CC(C)C[O-].CC(C)C[O-].CC(C)C[O-].CC(C)C[O-].CC(C)C[O-].CC(C)C[O-].[U]. The molecule has 0 aliphatic heterocycles. The average molecular weight is 677 g/mol. The molecule has 0 unspecified atom stereocenters. The molecule has 0 amide bonds. The second kappa shape index (κ2) is 44.5. The van der Waals surface area contributed by atoms with Crippen molar-refractivity contribution in [2.75, 3.05) is 39.6 Å². The summed E-state index contributed by atoms with van der Waals surface area (Å²) in [4.78, 5) is 0. The average Bonchev–Trinajstić information content (AvgIpc) is 2.69. The van der Waals surface area contributed by atoms with Crippen molar-refractivity contribution in [2.45, 2.75) is 83.1 Å². The Bertz CT molecular complexity index is 174. The molecule has 0 spiro atoms. The quantitative estimate of drug-likeness (QED) is 0.389. The van der Waals surface area contributed by atoms with E-state index in [9.17, 15) is 30.6 Å². The molecule has 6 nitrogen and oxygen atoms in total. The molecule has 0 aromatic heterocycles. The summed E-state index contributed by atoms with van der Waals surface area (Å²) in [5, 5.41) is 57.8. The smallest absolute Gasteiger partial charge is 0 e. The number of hydrogen-bond donors (Lipinski definition) is 0. The van der Waals surface area contributed by atoms with Crippen LogP contribution in [0.5, 0.6) is 0 Å². The maximum absolute atomic E-state index is 9.63. The van der Waals surface area contributed by atoms with Gasteiger partial charge in [-0.1, -0.05) is 119 Å². The van der Waals surface area contributed by atoms with E-state index in [2.05, 4.69) is 0 Å². The molecule has 0 heterocycles. The molecule has 7 heteroatoms. The molecule has 0 rings (SSSR count). The van der Waals surface area contributed by atoms with E-state index in [0.29, 0.717) is 35.5 Å². The molecule has 0 fully saturated rings. The van der Waals surface area contributed by atoms with E-state index in [0.717, 1.165) is 0 Å². The molecule has 0 aliphatic carbocycles. The van der Waals surface area contributed by atoms with Gasteiger partial charge in [0, 0.05) is 31.1 Å². The molecule has 0 saturated heterocycles. The van der Waals surface area contributed by atoms with E-state index in [1.54, 1.807) is 0 Å². The molecule has 31 heavy (non-hydrogen) atoms. The molecule has 0 atom stereocenters. The molecule has 0 N–H and O–H groups in total. The van der Waals surface area contributed by atoms with Gasteiger partial charge in [0.1, 0.15) is 0 Å². The van der Waals surface area contributed by atoms with Crippen LogP contribution in [0.15, 0.2) is 0 Å². The van der Waals surface area contributed by atoms with Crippen LogP contribution in [-0.2, 0) is 0 Å². The van der Waals surface area contributed by atoms with Gasteiger partial charge in [0.15, 0.2) is 0 Å². The minimum absolute atomic E-state index is 0. The van der Waals surface area contributed by atoms with E-state index in [1.165, 1.54) is 0 Å². The fourth-order valence-corrected chi connectivity index (χ4v) is 0. The fourth-order valence-electron chi connectivity index (χ4n) is 0. The topological polar surface area (TPSA) is 138 Å². The van der Waals surface area contributed by atoms with Crippen molar-refractivity contribution in [3.8, 4) is 0 Å². The molecule has 0 saturated carbocycles. The van der Waals surface area contributed by atoms with Gasteiger partial charge in [-0.15, -0.1) is 39.6 Å². The fraction of sp³-hybridized carbons (Fsp3) is 1.00. The van der Waals surface area contributed by atoms with Crippen LogP contribution in [0.4, 0.5) is 0 Å². The van der Waals surface area contributed by atoms with Crippen molar-refractivity contribution in [1.29, 1.82) is 0 Å². The van der Waals surface area contributed by atoms with Gasteiger partial charge in [-0.05, 0) is 0 Å². The third-order valence-electron chi connectivity index (χ3n) is 2.00. The predicted molar refractivity (Wildman–Crippen MR) is 118 cm³/mol. The molecular weight excluding hydrogens is 622 g/mol. The van der Waals surface area contributed by atoms with Crippen LogP contribution in [0.25, 0.3) is 0 Å². The molecule has 0 aromatic rings. The van der Waals surface area contributed by atoms with Gasteiger partial charge in [0.05, 0.1) is 0 Å². The minimum Gasteiger partial charge on any atom is -0.854 e. The summed E-state index contributed by atoms with van der Waals surface area (Å²) in [7, 11) is 0. The first kappa shape index (κ1) is 49.1. The molecule has 0 radical (unpaired) electrons. The maximum Gasteiger partial charge on any atom is 0 e. The van der Waals surface area contributed by atoms with E-state index in [4.69, 9.17) is 0 Å². The van der Waals surface area contributed by atoms with Crippen LogP contribution in [-0.4, -0.2) is 39.6 Å².